The summed E-state index contributed by atoms with van der Waals surface area (Å²) in [5.74, 6) is 2.89. The first-order valence-electron chi connectivity index (χ1n) is 8.13. The van der Waals surface area contributed by atoms with Crippen LogP contribution in [0.3, 0.4) is 0 Å². The Labute approximate surface area is 115 Å². The molecular formula is C16H25NO2. The molecule has 19 heavy (non-hydrogen) atoms. The van der Waals surface area contributed by atoms with Crippen molar-refractivity contribution in [2.45, 2.75) is 57.5 Å². The molecule has 1 saturated heterocycles. The SMILES string of the molecule is O=C(NC[C@@H]1CCCO1)C12CC3CC(CC(C3)C1)C2. The number of hydrogen-bond acceptors (Lipinski definition) is 2. The Bertz CT molecular complexity index is 338. The zero-order chi connectivity index (χ0) is 12.9. The highest BCUT2D eigenvalue weighted by Gasteiger charge is 2.54. The zero-order valence-corrected chi connectivity index (χ0v) is 11.7. The van der Waals surface area contributed by atoms with Gasteiger partial charge in [0.25, 0.3) is 0 Å². The van der Waals surface area contributed by atoms with Gasteiger partial charge in [0.15, 0.2) is 0 Å². The topological polar surface area (TPSA) is 38.3 Å². The minimum Gasteiger partial charge on any atom is -0.376 e. The van der Waals surface area contributed by atoms with Crippen LogP contribution >= 0.6 is 0 Å². The van der Waals surface area contributed by atoms with Gasteiger partial charge >= 0.3 is 0 Å². The molecule has 3 heteroatoms. The summed E-state index contributed by atoms with van der Waals surface area (Å²) in [4.78, 5) is 12.7. The molecule has 1 N–H and O–H groups in total. The highest BCUT2D eigenvalue weighted by molar-refractivity contribution is 5.83. The standard InChI is InChI=1S/C16H25NO2/c18-15(17-10-14-2-1-3-19-14)16-7-11-4-12(8-16)6-13(5-11)9-16/h11-14H,1-10H2,(H,17,18)/t11?,12?,13?,14-,16?/m0/s1. The number of carbonyl (C=O) groups excluding carboxylic acids is 1. The molecule has 5 fully saturated rings. The molecule has 0 aromatic carbocycles. The Morgan fingerprint density at radius 1 is 1.11 bits per heavy atom. The van der Waals surface area contributed by atoms with Crippen LogP contribution in [0.1, 0.15) is 51.4 Å². The van der Waals surface area contributed by atoms with Gasteiger partial charge in [-0.25, -0.2) is 0 Å². The van der Waals surface area contributed by atoms with Gasteiger partial charge in [-0.1, -0.05) is 0 Å². The Morgan fingerprint density at radius 2 is 1.74 bits per heavy atom. The van der Waals surface area contributed by atoms with E-state index < -0.39 is 0 Å². The van der Waals surface area contributed by atoms with Gasteiger partial charge < -0.3 is 10.1 Å². The number of carbonyl (C=O) groups is 1. The van der Waals surface area contributed by atoms with Crippen LogP contribution in [-0.2, 0) is 9.53 Å². The Hall–Kier alpha value is -0.570. The molecule has 0 aromatic heterocycles. The van der Waals surface area contributed by atoms with Crippen molar-refractivity contribution in [2.24, 2.45) is 23.2 Å². The van der Waals surface area contributed by atoms with E-state index in [4.69, 9.17) is 4.74 Å². The second kappa shape index (κ2) is 4.47. The number of rotatable bonds is 3. The fraction of sp³-hybridized carbons (Fsp3) is 0.938. The fourth-order valence-electron chi connectivity index (χ4n) is 5.59. The molecule has 0 aromatic rings. The van der Waals surface area contributed by atoms with Crippen molar-refractivity contribution in [1.82, 2.24) is 5.32 Å². The van der Waals surface area contributed by atoms with Crippen molar-refractivity contribution in [1.29, 1.82) is 0 Å². The molecule has 106 valence electrons. The largest absolute Gasteiger partial charge is 0.376 e. The van der Waals surface area contributed by atoms with Gasteiger partial charge in [0.2, 0.25) is 5.91 Å². The van der Waals surface area contributed by atoms with Crippen LogP contribution in [0.25, 0.3) is 0 Å². The maximum absolute atomic E-state index is 12.7. The molecule has 5 rings (SSSR count). The van der Waals surface area contributed by atoms with Crippen molar-refractivity contribution in [3.05, 3.63) is 0 Å². The summed E-state index contributed by atoms with van der Waals surface area (Å²) < 4.78 is 5.61. The van der Waals surface area contributed by atoms with Crippen molar-refractivity contribution in [3.63, 3.8) is 0 Å². The molecule has 1 amide bonds. The van der Waals surface area contributed by atoms with Crippen LogP contribution in [0.15, 0.2) is 0 Å². The van der Waals surface area contributed by atoms with Crippen LogP contribution in [0.5, 0.6) is 0 Å². The van der Waals surface area contributed by atoms with E-state index in [0.717, 1.165) is 63.0 Å². The van der Waals surface area contributed by atoms with Crippen LogP contribution in [0.2, 0.25) is 0 Å². The van der Waals surface area contributed by atoms with Gasteiger partial charge in [0.05, 0.1) is 6.10 Å². The molecule has 5 aliphatic rings. The lowest BCUT2D eigenvalue weighted by atomic mass is 9.49. The van der Waals surface area contributed by atoms with E-state index >= 15 is 0 Å². The molecule has 4 bridgehead atoms. The zero-order valence-electron chi connectivity index (χ0n) is 11.7. The quantitative estimate of drug-likeness (QED) is 0.849. The average Bonchev–Trinajstić information content (AvgIpc) is 2.87. The predicted octanol–water partition coefficient (Wildman–Crippen LogP) is 2.50. The van der Waals surface area contributed by atoms with E-state index in [9.17, 15) is 4.79 Å². The van der Waals surface area contributed by atoms with Crippen molar-refractivity contribution < 1.29 is 9.53 Å². The summed E-state index contributed by atoms with van der Waals surface area (Å²) in [7, 11) is 0. The van der Waals surface area contributed by atoms with Crippen molar-refractivity contribution in [3.8, 4) is 0 Å². The average molecular weight is 263 g/mol. The summed E-state index contributed by atoms with van der Waals surface area (Å²) in [5.41, 5.74) is 0.00730. The molecule has 0 unspecified atom stereocenters. The van der Waals surface area contributed by atoms with Crippen LogP contribution < -0.4 is 5.32 Å². The molecule has 0 spiro atoms. The summed E-state index contributed by atoms with van der Waals surface area (Å²) in [5, 5.41) is 3.22. The minimum atomic E-state index is 0.00730. The van der Waals surface area contributed by atoms with Crippen molar-refractivity contribution >= 4 is 5.91 Å². The lowest BCUT2D eigenvalue weighted by Gasteiger charge is -2.55. The van der Waals surface area contributed by atoms with E-state index in [-0.39, 0.29) is 11.5 Å². The van der Waals surface area contributed by atoms with Gasteiger partial charge in [-0.3, -0.25) is 4.79 Å². The maximum atomic E-state index is 12.7. The van der Waals surface area contributed by atoms with Crippen molar-refractivity contribution in [2.75, 3.05) is 13.2 Å². The smallest absolute Gasteiger partial charge is 0.226 e. The molecule has 4 aliphatic carbocycles. The molecule has 3 nitrogen and oxygen atoms in total. The molecular weight excluding hydrogens is 238 g/mol. The summed E-state index contributed by atoms with van der Waals surface area (Å²) in [6, 6.07) is 0. The second-order valence-electron chi connectivity index (χ2n) is 7.54. The maximum Gasteiger partial charge on any atom is 0.226 e. The van der Waals surface area contributed by atoms with Crippen LogP contribution in [-0.4, -0.2) is 25.2 Å². The Balaban J connectivity index is 1.41. The third-order valence-corrected chi connectivity index (χ3v) is 6.03. The predicted molar refractivity (Wildman–Crippen MR) is 72.6 cm³/mol. The van der Waals surface area contributed by atoms with E-state index in [0.29, 0.717) is 5.91 Å². The third-order valence-electron chi connectivity index (χ3n) is 6.03. The molecule has 1 atom stereocenters. The first-order chi connectivity index (χ1) is 9.23. The van der Waals surface area contributed by atoms with E-state index in [2.05, 4.69) is 5.32 Å². The molecule has 0 radical (unpaired) electrons. The van der Waals surface area contributed by atoms with Gasteiger partial charge in [-0.05, 0) is 69.1 Å². The number of amides is 1. The van der Waals surface area contributed by atoms with Gasteiger partial charge in [-0.2, -0.15) is 0 Å². The number of nitrogens with one attached hydrogen (secondary N) is 1. The Morgan fingerprint density at radius 3 is 2.26 bits per heavy atom. The molecule has 1 heterocycles. The highest BCUT2D eigenvalue weighted by atomic mass is 16.5. The summed E-state index contributed by atoms with van der Waals surface area (Å²) in [6.07, 6.45) is 10.2. The van der Waals surface area contributed by atoms with Gasteiger partial charge in [0.1, 0.15) is 0 Å². The molecule has 4 saturated carbocycles. The van der Waals surface area contributed by atoms with E-state index in [1.807, 2.05) is 0 Å². The first-order valence-corrected chi connectivity index (χ1v) is 8.13. The lowest BCUT2D eigenvalue weighted by Crippen LogP contribution is -2.54. The third kappa shape index (κ3) is 2.10. The highest BCUT2D eigenvalue weighted by Crippen LogP contribution is 2.60. The van der Waals surface area contributed by atoms with E-state index in [1.165, 1.54) is 19.3 Å². The summed E-state index contributed by atoms with van der Waals surface area (Å²) in [6.45, 7) is 1.61. The minimum absolute atomic E-state index is 0.00730. The first kappa shape index (κ1) is 12.2. The Kier molecular flexibility index (Phi) is 2.87. The normalized spacial score (nSPS) is 47.6. The fourth-order valence-corrected chi connectivity index (χ4v) is 5.59. The van der Waals surface area contributed by atoms with E-state index in [1.54, 1.807) is 0 Å². The van der Waals surface area contributed by atoms with Gasteiger partial charge in [0, 0.05) is 18.6 Å². The van der Waals surface area contributed by atoms with Crippen LogP contribution in [0.4, 0.5) is 0 Å². The van der Waals surface area contributed by atoms with Gasteiger partial charge in [-0.15, -0.1) is 0 Å². The lowest BCUT2D eigenvalue weighted by molar-refractivity contribution is -0.146. The number of hydrogen-bond donors (Lipinski definition) is 1. The number of ether oxygens (including phenoxy) is 1. The van der Waals surface area contributed by atoms with Crippen LogP contribution in [0, 0.1) is 23.2 Å². The monoisotopic (exact) mass is 263 g/mol. The molecule has 1 aliphatic heterocycles. The second-order valence-corrected chi connectivity index (χ2v) is 7.54. The summed E-state index contributed by atoms with van der Waals surface area (Å²) >= 11 is 0.